The van der Waals surface area contributed by atoms with Crippen LogP contribution in [0.1, 0.15) is 114 Å². The molecule has 0 saturated heterocycles. The summed E-state index contributed by atoms with van der Waals surface area (Å²) in [7, 11) is 0. The molecule has 9 rings (SSSR count). The Morgan fingerprint density at radius 3 is 1.18 bits per heavy atom. The maximum atomic E-state index is 10.6. The summed E-state index contributed by atoms with van der Waals surface area (Å²) in [5.41, 5.74) is -2.01. The van der Waals surface area contributed by atoms with E-state index in [4.69, 9.17) is 11.6 Å². The molecule has 9 aliphatic carbocycles. The van der Waals surface area contributed by atoms with Gasteiger partial charge in [-0.25, -0.2) is 0 Å². The second kappa shape index (κ2) is 14.5. The molecule has 0 aromatic heterocycles. The lowest BCUT2D eigenvalue weighted by Crippen LogP contribution is -2.67. The standard InChI is InChI=1S/C12H22O2S.C11H19ClO2.C11H20O2S.2CH4/c1-11(2)8-6-9(11)12(14,4-5-15-3)10(13)7-8;1-10(2)7-5-8(10)11(14,3-4-12)9(13)6-7;1-10(2)7-5-8(10)11(13,3-4-14)9(12)6-7;;/h8-10,13-14H,4-7H2,1-3H3;7-9,13-14H,3-6H2,1-2H3;7-9,12-14H,3-6H2,1-2H3;2*1H4/t8?,9?,10?,12-;2*7?,8?,9?,11-;;/m111../s1. The van der Waals surface area contributed by atoms with Gasteiger partial charge >= 0.3 is 0 Å². The number of aliphatic hydroxyl groups is 6. The normalized spacial score (nSPS) is 46.9. The lowest BCUT2D eigenvalue weighted by atomic mass is 9.43. The monoisotopic (exact) mass is 696 g/mol. The molecule has 6 N–H and O–H groups in total. The van der Waals surface area contributed by atoms with Gasteiger partial charge in [0.15, 0.2) is 0 Å². The molecule has 0 aromatic carbocycles. The van der Waals surface area contributed by atoms with E-state index in [2.05, 4.69) is 54.2 Å². The van der Waals surface area contributed by atoms with Crippen LogP contribution in [0.5, 0.6) is 0 Å². The van der Waals surface area contributed by atoms with Crippen LogP contribution < -0.4 is 0 Å². The van der Waals surface area contributed by atoms with Crippen molar-refractivity contribution in [1.82, 2.24) is 0 Å². The van der Waals surface area contributed by atoms with Gasteiger partial charge in [-0.2, -0.15) is 24.4 Å². The minimum atomic E-state index is -0.931. The Morgan fingerprint density at radius 2 is 0.911 bits per heavy atom. The van der Waals surface area contributed by atoms with Crippen molar-refractivity contribution < 1.29 is 30.6 Å². The van der Waals surface area contributed by atoms with E-state index < -0.39 is 35.1 Å². The third-order valence-corrected chi connectivity index (χ3v) is 15.2. The third-order valence-electron chi connectivity index (χ3n) is 14.2. The summed E-state index contributed by atoms with van der Waals surface area (Å²) in [5.74, 6) is 4.58. The molecule has 0 spiro atoms. The molecule has 0 aliphatic heterocycles. The predicted molar refractivity (Wildman–Crippen MR) is 193 cm³/mol. The molecule has 6 bridgehead atoms. The largest absolute Gasteiger partial charge is 0.390 e. The first kappa shape index (κ1) is 41.9. The Morgan fingerprint density at radius 1 is 0.600 bits per heavy atom. The van der Waals surface area contributed by atoms with Crippen LogP contribution in [0.25, 0.3) is 0 Å². The Kier molecular flexibility index (Phi) is 13.5. The molecule has 9 unspecified atom stereocenters. The molecule has 9 heteroatoms. The maximum absolute atomic E-state index is 10.6. The first-order chi connectivity index (χ1) is 19.8. The number of rotatable bonds is 7. The first-order valence-corrected chi connectivity index (χ1v) is 19.2. The number of fused-ring (bicyclic) bond motifs is 6. The first-order valence-electron chi connectivity index (χ1n) is 16.6. The van der Waals surface area contributed by atoms with Gasteiger partial charge in [0.1, 0.15) is 0 Å². The predicted octanol–water partition coefficient (Wildman–Crippen LogP) is 6.41. The summed E-state index contributed by atoms with van der Waals surface area (Å²) in [4.78, 5) is 0. The van der Waals surface area contributed by atoms with E-state index >= 15 is 0 Å². The summed E-state index contributed by atoms with van der Waals surface area (Å²) in [5, 5.41) is 61.4. The smallest absolute Gasteiger partial charge is 0.0950 e. The van der Waals surface area contributed by atoms with Crippen LogP contribution in [0.3, 0.4) is 0 Å². The van der Waals surface area contributed by atoms with Crippen molar-refractivity contribution in [2.45, 2.75) is 149 Å². The topological polar surface area (TPSA) is 121 Å². The van der Waals surface area contributed by atoms with Crippen molar-refractivity contribution in [3.05, 3.63) is 0 Å². The van der Waals surface area contributed by atoms with E-state index in [-0.39, 0.29) is 42.9 Å². The van der Waals surface area contributed by atoms with Crippen molar-refractivity contribution in [3.8, 4) is 0 Å². The zero-order chi connectivity index (χ0) is 32.4. The molecule has 9 saturated carbocycles. The maximum Gasteiger partial charge on any atom is 0.0950 e. The van der Waals surface area contributed by atoms with Gasteiger partial charge in [0.25, 0.3) is 0 Å². The van der Waals surface area contributed by atoms with Crippen LogP contribution in [0.15, 0.2) is 0 Å². The number of halogens is 1. The van der Waals surface area contributed by atoms with Gasteiger partial charge in [-0.1, -0.05) is 56.4 Å². The number of aliphatic hydroxyl groups excluding tert-OH is 3. The van der Waals surface area contributed by atoms with Crippen LogP contribution in [-0.4, -0.2) is 89.4 Å². The quantitative estimate of drug-likeness (QED) is 0.121. The van der Waals surface area contributed by atoms with Crippen LogP contribution in [0.4, 0.5) is 0 Å². The molecule has 9 fully saturated rings. The number of thiol groups is 1. The minimum absolute atomic E-state index is 0. The average Bonchev–Trinajstić information content (AvgIpc) is 2.92. The zero-order valence-electron chi connectivity index (χ0n) is 27.6. The van der Waals surface area contributed by atoms with Crippen LogP contribution in [0.2, 0.25) is 0 Å². The summed E-state index contributed by atoms with van der Waals surface area (Å²) in [6.45, 7) is 13.3. The van der Waals surface area contributed by atoms with Crippen molar-refractivity contribution in [3.63, 3.8) is 0 Å². The van der Waals surface area contributed by atoms with Crippen LogP contribution >= 0.6 is 36.0 Å². The molecule has 6 nitrogen and oxygen atoms in total. The van der Waals surface area contributed by atoms with Gasteiger partial charge in [0.2, 0.25) is 0 Å². The van der Waals surface area contributed by atoms with Gasteiger partial charge in [-0.15, -0.1) is 11.6 Å². The lowest BCUT2D eigenvalue weighted by Gasteiger charge is -2.65. The van der Waals surface area contributed by atoms with Gasteiger partial charge in [-0.05, 0) is 127 Å². The molecule has 0 aromatic rings. The Labute approximate surface area is 290 Å². The Balaban J connectivity index is 0.000000230. The van der Waals surface area contributed by atoms with E-state index in [1.165, 1.54) is 0 Å². The summed E-state index contributed by atoms with van der Waals surface area (Å²) in [6, 6.07) is 0. The summed E-state index contributed by atoms with van der Waals surface area (Å²) < 4.78 is 0. The molecule has 45 heavy (non-hydrogen) atoms. The van der Waals surface area contributed by atoms with Crippen molar-refractivity contribution >= 4 is 36.0 Å². The van der Waals surface area contributed by atoms with Crippen LogP contribution in [-0.2, 0) is 0 Å². The van der Waals surface area contributed by atoms with E-state index in [1.807, 2.05) is 6.26 Å². The third kappa shape index (κ3) is 6.79. The molecule has 12 atom stereocenters. The fourth-order valence-corrected chi connectivity index (χ4v) is 11.7. The van der Waals surface area contributed by atoms with E-state index in [0.717, 1.165) is 50.7 Å². The van der Waals surface area contributed by atoms with E-state index in [0.29, 0.717) is 48.1 Å². The number of alkyl halides is 1. The van der Waals surface area contributed by atoms with Crippen molar-refractivity contribution in [2.75, 3.05) is 23.6 Å². The lowest BCUT2D eigenvalue weighted by molar-refractivity contribution is -0.254. The number of thioether (sulfide) groups is 1. The van der Waals surface area contributed by atoms with Crippen molar-refractivity contribution in [1.29, 1.82) is 0 Å². The number of hydrogen-bond acceptors (Lipinski definition) is 8. The van der Waals surface area contributed by atoms with Gasteiger partial charge in [0, 0.05) is 5.88 Å². The molecule has 9 aliphatic rings. The minimum Gasteiger partial charge on any atom is -0.390 e. The fourth-order valence-electron chi connectivity index (χ4n) is 10.5. The second-order valence-corrected chi connectivity index (χ2v) is 18.6. The summed E-state index contributed by atoms with van der Waals surface area (Å²) in [6.07, 6.45) is 7.81. The molecule has 0 amide bonds. The highest BCUT2D eigenvalue weighted by molar-refractivity contribution is 7.98. The number of hydrogen-bond donors (Lipinski definition) is 7. The molecule has 0 radical (unpaired) electrons. The SMILES string of the molecule is C.C.CC1(C)C2CC(O)[C@@](O)(CCCl)C1C2.CC1(C)C2CC(O)[C@@](O)(CCS)C1C2.CSCC[C@]1(O)C(O)CC2CC1C2(C)C. The van der Waals surface area contributed by atoms with Gasteiger partial charge in [0.05, 0.1) is 35.1 Å². The fraction of sp³-hybridized carbons (Fsp3) is 1.00. The molecular weight excluding hydrogens is 628 g/mol. The average molecular weight is 698 g/mol. The van der Waals surface area contributed by atoms with E-state index in [9.17, 15) is 30.6 Å². The second-order valence-electron chi connectivity index (χ2n) is 16.8. The Hall–Kier alpha value is 0.750. The van der Waals surface area contributed by atoms with E-state index in [1.54, 1.807) is 11.8 Å². The summed E-state index contributed by atoms with van der Waals surface area (Å²) >= 11 is 11.6. The highest BCUT2D eigenvalue weighted by Crippen LogP contribution is 2.65. The zero-order valence-corrected chi connectivity index (χ0v) is 30.1. The van der Waals surface area contributed by atoms with Gasteiger partial charge in [-0.3, -0.25) is 0 Å². The molecule has 0 heterocycles. The van der Waals surface area contributed by atoms with Crippen LogP contribution in [0, 0.1) is 51.8 Å². The van der Waals surface area contributed by atoms with Gasteiger partial charge < -0.3 is 30.6 Å². The highest BCUT2D eigenvalue weighted by Gasteiger charge is 2.66. The molecule has 268 valence electrons. The highest BCUT2D eigenvalue weighted by atomic mass is 35.5. The Bertz CT molecular complexity index is 931. The van der Waals surface area contributed by atoms with Crippen molar-refractivity contribution in [2.24, 2.45) is 51.8 Å². The molecular formula is C36H69ClO6S2.